The first-order valence-electron chi connectivity index (χ1n) is 5.35. The molecule has 1 N–H and O–H groups in total. The Kier molecular flexibility index (Phi) is 3.58. The van der Waals surface area contributed by atoms with Crippen LogP contribution in [0.5, 0.6) is 0 Å². The number of thiazole rings is 1. The average Bonchev–Trinajstić information content (AvgIpc) is 2.68. The highest BCUT2D eigenvalue weighted by Gasteiger charge is 2.08. The molecule has 0 atom stereocenters. The van der Waals surface area contributed by atoms with E-state index in [9.17, 15) is 0 Å². The van der Waals surface area contributed by atoms with Crippen LogP contribution in [0.15, 0.2) is 24.3 Å². The fraction of sp³-hybridized carbons (Fsp3) is 0.214. The summed E-state index contributed by atoms with van der Waals surface area (Å²) in [6.07, 6.45) is 0. The number of nitrogens with zero attached hydrogens (tertiary/aromatic N) is 1. The highest BCUT2D eigenvalue weighted by atomic mass is 32.1. The number of aromatic nitrogens is 1. The molecule has 0 aliphatic rings. The molecule has 0 aliphatic heterocycles. The van der Waals surface area contributed by atoms with Gasteiger partial charge in [-0.2, -0.15) is 0 Å². The van der Waals surface area contributed by atoms with E-state index in [4.69, 9.17) is 5.11 Å². The van der Waals surface area contributed by atoms with Crippen LogP contribution in [-0.4, -0.2) is 16.7 Å². The van der Waals surface area contributed by atoms with Crippen LogP contribution in [0, 0.1) is 25.7 Å². The van der Waals surface area contributed by atoms with Gasteiger partial charge in [0.05, 0.1) is 10.6 Å². The standard InChI is InChI=1S/C14H13NOS/c1-10-5-3-6-12(9-10)14-11(2)15-13(17-14)7-4-8-16/h3,5-6,9,16H,8H2,1-2H3. The first-order valence-corrected chi connectivity index (χ1v) is 6.16. The molecule has 2 nitrogen and oxygen atoms in total. The van der Waals surface area contributed by atoms with Crippen LogP contribution in [-0.2, 0) is 0 Å². The van der Waals surface area contributed by atoms with Crippen molar-refractivity contribution in [3.63, 3.8) is 0 Å². The van der Waals surface area contributed by atoms with Gasteiger partial charge in [0, 0.05) is 0 Å². The third-order valence-electron chi connectivity index (χ3n) is 2.35. The van der Waals surface area contributed by atoms with Crippen LogP contribution in [0.3, 0.4) is 0 Å². The van der Waals surface area contributed by atoms with Gasteiger partial charge in [0.2, 0.25) is 0 Å². The summed E-state index contributed by atoms with van der Waals surface area (Å²) in [5.41, 5.74) is 3.40. The van der Waals surface area contributed by atoms with E-state index in [0.29, 0.717) is 0 Å². The van der Waals surface area contributed by atoms with Gasteiger partial charge in [0.15, 0.2) is 5.01 Å². The molecule has 0 spiro atoms. The van der Waals surface area contributed by atoms with Crippen LogP contribution < -0.4 is 0 Å². The molecule has 0 bridgehead atoms. The van der Waals surface area contributed by atoms with Crippen molar-refractivity contribution in [1.82, 2.24) is 4.98 Å². The lowest BCUT2D eigenvalue weighted by Crippen LogP contribution is -1.79. The van der Waals surface area contributed by atoms with Gasteiger partial charge in [0.25, 0.3) is 0 Å². The fourth-order valence-corrected chi connectivity index (χ4v) is 2.56. The van der Waals surface area contributed by atoms with Gasteiger partial charge in [-0.05, 0) is 25.3 Å². The number of aryl methyl sites for hydroxylation is 2. The molecular weight excluding hydrogens is 230 g/mol. The van der Waals surface area contributed by atoms with Crippen molar-refractivity contribution in [3.8, 4) is 22.3 Å². The molecule has 0 aliphatic carbocycles. The zero-order valence-corrected chi connectivity index (χ0v) is 10.6. The van der Waals surface area contributed by atoms with Crippen molar-refractivity contribution in [3.05, 3.63) is 40.5 Å². The fourth-order valence-electron chi connectivity index (χ4n) is 1.62. The SMILES string of the molecule is Cc1cccc(-c2sc(C#CCO)nc2C)c1. The molecule has 0 amide bonds. The molecule has 2 aromatic rings. The van der Waals surface area contributed by atoms with Gasteiger partial charge in [-0.25, -0.2) is 4.98 Å². The zero-order chi connectivity index (χ0) is 12.3. The second kappa shape index (κ2) is 5.13. The van der Waals surface area contributed by atoms with Crippen LogP contribution in [0.25, 0.3) is 10.4 Å². The van der Waals surface area contributed by atoms with Gasteiger partial charge < -0.3 is 5.11 Å². The minimum absolute atomic E-state index is 0.127. The monoisotopic (exact) mass is 243 g/mol. The van der Waals surface area contributed by atoms with E-state index in [1.165, 1.54) is 11.1 Å². The first kappa shape index (κ1) is 11.8. The minimum Gasteiger partial charge on any atom is -0.384 e. The van der Waals surface area contributed by atoms with Crippen molar-refractivity contribution in [2.24, 2.45) is 0 Å². The predicted molar refractivity (Wildman–Crippen MR) is 71.0 cm³/mol. The summed E-state index contributed by atoms with van der Waals surface area (Å²) in [7, 11) is 0. The molecule has 0 saturated heterocycles. The van der Waals surface area contributed by atoms with Crippen molar-refractivity contribution >= 4 is 11.3 Å². The lowest BCUT2D eigenvalue weighted by atomic mass is 10.1. The molecule has 17 heavy (non-hydrogen) atoms. The molecule has 1 heterocycles. The lowest BCUT2D eigenvalue weighted by Gasteiger charge is -1.99. The Morgan fingerprint density at radius 1 is 1.35 bits per heavy atom. The summed E-state index contributed by atoms with van der Waals surface area (Å²) < 4.78 is 0. The van der Waals surface area contributed by atoms with Gasteiger partial charge in [-0.3, -0.25) is 0 Å². The first-order chi connectivity index (χ1) is 8.20. The molecule has 0 saturated carbocycles. The van der Waals surface area contributed by atoms with Crippen molar-refractivity contribution in [2.45, 2.75) is 13.8 Å². The Labute approximate surface area is 105 Å². The molecule has 2 rings (SSSR count). The van der Waals surface area contributed by atoms with E-state index in [-0.39, 0.29) is 6.61 Å². The lowest BCUT2D eigenvalue weighted by molar-refractivity contribution is 0.350. The predicted octanol–water partition coefficient (Wildman–Crippen LogP) is 2.77. The van der Waals surface area contributed by atoms with E-state index in [1.54, 1.807) is 11.3 Å². The number of hydrogen-bond donors (Lipinski definition) is 1. The second-order valence-corrected chi connectivity index (χ2v) is 4.76. The molecule has 0 fully saturated rings. The largest absolute Gasteiger partial charge is 0.384 e. The van der Waals surface area contributed by atoms with Crippen molar-refractivity contribution in [2.75, 3.05) is 6.61 Å². The summed E-state index contributed by atoms with van der Waals surface area (Å²) in [6.45, 7) is 3.93. The maximum absolute atomic E-state index is 8.66. The second-order valence-electron chi connectivity index (χ2n) is 3.76. The Morgan fingerprint density at radius 3 is 2.88 bits per heavy atom. The Bertz CT molecular complexity index is 590. The van der Waals surface area contributed by atoms with Crippen LogP contribution >= 0.6 is 11.3 Å². The summed E-state index contributed by atoms with van der Waals surface area (Å²) in [5, 5.41) is 9.42. The minimum atomic E-state index is -0.127. The van der Waals surface area contributed by atoms with E-state index < -0.39 is 0 Å². The highest BCUT2D eigenvalue weighted by Crippen LogP contribution is 2.29. The number of hydrogen-bond acceptors (Lipinski definition) is 3. The van der Waals surface area contributed by atoms with Gasteiger partial charge >= 0.3 is 0 Å². The quantitative estimate of drug-likeness (QED) is 0.781. The summed E-state index contributed by atoms with van der Waals surface area (Å²) in [4.78, 5) is 5.54. The topological polar surface area (TPSA) is 33.1 Å². The molecule has 1 aromatic carbocycles. The van der Waals surface area contributed by atoms with Gasteiger partial charge in [0.1, 0.15) is 6.61 Å². The van der Waals surface area contributed by atoms with Crippen molar-refractivity contribution in [1.29, 1.82) is 0 Å². The summed E-state index contributed by atoms with van der Waals surface area (Å²) in [6, 6.07) is 8.34. The van der Waals surface area contributed by atoms with Crippen LogP contribution in [0.4, 0.5) is 0 Å². The number of benzene rings is 1. The smallest absolute Gasteiger partial charge is 0.167 e. The maximum atomic E-state index is 8.66. The number of aliphatic hydroxyl groups is 1. The average molecular weight is 243 g/mol. The van der Waals surface area contributed by atoms with E-state index in [1.807, 2.05) is 13.0 Å². The van der Waals surface area contributed by atoms with Gasteiger partial charge in [-0.1, -0.05) is 35.7 Å². The molecule has 0 unspecified atom stereocenters. The molecule has 1 aromatic heterocycles. The highest BCUT2D eigenvalue weighted by molar-refractivity contribution is 7.15. The van der Waals surface area contributed by atoms with E-state index >= 15 is 0 Å². The van der Waals surface area contributed by atoms with E-state index in [2.05, 4.69) is 41.9 Å². The normalized spacial score (nSPS) is 9.82. The third-order valence-corrected chi connectivity index (χ3v) is 3.47. The van der Waals surface area contributed by atoms with Crippen molar-refractivity contribution < 1.29 is 5.11 Å². The summed E-state index contributed by atoms with van der Waals surface area (Å²) >= 11 is 1.57. The molecule has 86 valence electrons. The third kappa shape index (κ3) is 2.73. The molecular formula is C14H13NOS. The Morgan fingerprint density at radius 2 is 2.18 bits per heavy atom. The van der Waals surface area contributed by atoms with Crippen LogP contribution in [0.2, 0.25) is 0 Å². The Balaban J connectivity index is 2.42. The maximum Gasteiger partial charge on any atom is 0.167 e. The number of aliphatic hydroxyl groups excluding tert-OH is 1. The molecule has 0 radical (unpaired) electrons. The zero-order valence-electron chi connectivity index (χ0n) is 9.82. The number of rotatable bonds is 1. The van der Waals surface area contributed by atoms with Crippen LogP contribution in [0.1, 0.15) is 16.3 Å². The van der Waals surface area contributed by atoms with E-state index in [0.717, 1.165) is 15.6 Å². The van der Waals surface area contributed by atoms with Gasteiger partial charge in [-0.15, -0.1) is 11.3 Å². The Hall–Kier alpha value is -1.63. The summed E-state index contributed by atoms with van der Waals surface area (Å²) in [5.74, 6) is 5.47. The molecule has 3 heteroatoms.